The topological polar surface area (TPSA) is 87.0 Å². The molecule has 1 heterocycles. The normalized spacial score (nSPS) is 34.0. The van der Waals surface area contributed by atoms with E-state index in [1.807, 2.05) is 6.92 Å². The molecule has 27 heavy (non-hydrogen) atoms. The van der Waals surface area contributed by atoms with Crippen molar-refractivity contribution < 1.29 is 33.6 Å². The van der Waals surface area contributed by atoms with E-state index in [1.165, 1.54) is 12.2 Å². The van der Waals surface area contributed by atoms with Crippen LogP contribution in [0.2, 0.25) is 0 Å². The molecule has 5 nitrogen and oxygen atoms in total. The summed E-state index contributed by atoms with van der Waals surface area (Å²) in [6.07, 6.45) is 1.98. The summed E-state index contributed by atoms with van der Waals surface area (Å²) in [4.78, 5) is 10.5. The number of ether oxygens (including phenoxy) is 1. The van der Waals surface area contributed by atoms with Gasteiger partial charge in [-0.05, 0) is 25.3 Å². The highest BCUT2D eigenvalue weighted by atomic mass is 19.1. The van der Waals surface area contributed by atoms with Crippen LogP contribution in [0.25, 0.3) is 0 Å². The quantitative estimate of drug-likeness (QED) is 0.395. The van der Waals surface area contributed by atoms with Crippen molar-refractivity contribution in [1.82, 2.24) is 0 Å². The van der Waals surface area contributed by atoms with Crippen molar-refractivity contribution in [3.05, 3.63) is 24.0 Å². The van der Waals surface area contributed by atoms with Crippen LogP contribution in [-0.2, 0) is 9.53 Å². The van der Waals surface area contributed by atoms with Gasteiger partial charge in [-0.25, -0.2) is 8.78 Å². The molecule has 2 aliphatic rings. The maximum atomic E-state index is 14.8. The number of hydrogen-bond donors (Lipinski definition) is 3. The van der Waals surface area contributed by atoms with Gasteiger partial charge in [0.05, 0.1) is 6.10 Å². The summed E-state index contributed by atoms with van der Waals surface area (Å²) in [7, 11) is 0. The number of alkyl halides is 2. The fourth-order valence-electron chi connectivity index (χ4n) is 3.84. The number of carboxylic acids is 1. The first-order valence-electron chi connectivity index (χ1n) is 9.76. The van der Waals surface area contributed by atoms with Gasteiger partial charge in [-0.3, -0.25) is 4.79 Å². The Morgan fingerprint density at radius 1 is 1.41 bits per heavy atom. The predicted molar refractivity (Wildman–Crippen MR) is 96.5 cm³/mol. The Morgan fingerprint density at radius 2 is 2.15 bits per heavy atom. The number of fused-ring (bicyclic) bond motifs is 1. The lowest BCUT2D eigenvalue weighted by Crippen LogP contribution is -2.26. The van der Waals surface area contributed by atoms with Crippen LogP contribution in [-0.4, -0.2) is 51.9 Å². The van der Waals surface area contributed by atoms with E-state index in [0.29, 0.717) is 19.3 Å². The van der Waals surface area contributed by atoms with E-state index in [-0.39, 0.29) is 25.0 Å². The van der Waals surface area contributed by atoms with E-state index in [2.05, 4.69) is 0 Å². The van der Waals surface area contributed by atoms with Crippen molar-refractivity contribution in [3.63, 3.8) is 0 Å². The average Bonchev–Trinajstić information content (AvgIpc) is 3.09. The minimum atomic E-state index is -1.40. The lowest BCUT2D eigenvalue weighted by Gasteiger charge is -2.19. The highest BCUT2D eigenvalue weighted by molar-refractivity contribution is 5.66. The molecule has 7 atom stereocenters. The van der Waals surface area contributed by atoms with Gasteiger partial charge in [0.15, 0.2) is 6.17 Å². The molecule has 1 aliphatic carbocycles. The summed E-state index contributed by atoms with van der Waals surface area (Å²) in [5.74, 6) is -1.84. The number of aliphatic hydroxyl groups excluding tert-OH is 2. The molecular weight excluding hydrogens is 358 g/mol. The van der Waals surface area contributed by atoms with Crippen molar-refractivity contribution >= 4 is 5.97 Å². The van der Waals surface area contributed by atoms with Crippen LogP contribution >= 0.6 is 0 Å². The van der Waals surface area contributed by atoms with Gasteiger partial charge in [-0.1, -0.05) is 31.9 Å². The van der Waals surface area contributed by atoms with Gasteiger partial charge in [-0.15, -0.1) is 0 Å². The third-order valence-corrected chi connectivity index (χ3v) is 5.36. The van der Waals surface area contributed by atoms with Crippen molar-refractivity contribution in [2.45, 2.75) is 82.5 Å². The van der Waals surface area contributed by atoms with E-state index in [4.69, 9.17) is 9.84 Å². The summed E-state index contributed by atoms with van der Waals surface area (Å²) in [6, 6.07) is 0. The predicted octanol–water partition coefficient (Wildman–Crippen LogP) is 3.30. The molecule has 2 unspecified atom stereocenters. The highest BCUT2D eigenvalue weighted by Gasteiger charge is 2.53. The van der Waals surface area contributed by atoms with Gasteiger partial charge in [0, 0.05) is 24.7 Å². The molecular formula is C20H30F2O5. The minimum absolute atomic E-state index is 0.0119. The SMILES string of the molecule is CCCCC(F)[C@H](O)/C=C/[C@@H]1[C@H]2C(F)/C(=C/CCCC(=O)O)O[C@@H]2C[C@H]1O. The standard InChI is InChI=1S/C20H30F2O5/c1-2-3-6-13(21)14(23)10-9-12-15(24)11-17-19(12)20(22)16(27-17)7-4-5-8-18(25)26/h7,9-10,12-15,17,19-20,23-24H,2-6,8,11H2,1H3,(H,25,26)/b10-9+,16-7-/t12-,13?,14+,15+,17+,19+,20?/m0/s1. The maximum Gasteiger partial charge on any atom is 0.303 e. The molecule has 0 aromatic carbocycles. The number of aliphatic carboxylic acids is 1. The van der Waals surface area contributed by atoms with Crippen molar-refractivity contribution in [3.8, 4) is 0 Å². The number of halogens is 2. The fraction of sp³-hybridized carbons (Fsp3) is 0.750. The molecule has 2 rings (SSSR count). The first kappa shape index (κ1) is 21.8. The summed E-state index contributed by atoms with van der Waals surface area (Å²) in [6.45, 7) is 1.94. The molecule has 0 aromatic rings. The van der Waals surface area contributed by atoms with E-state index >= 15 is 0 Å². The molecule has 1 saturated carbocycles. The van der Waals surface area contributed by atoms with Crippen molar-refractivity contribution in [2.24, 2.45) is 11.8 Å². The Bertz CT molecular complexity index is 550. The summed E-state index contributed by atoms with van der Waals surface area (Å²) < 4.78 is 34.3. The summed E-state index contributed by atoms with van der Waals surface area (Å²) in [5, 5.41) is 28.8. The lowest BCUT2D eigenvalue weighted by atomic mass is 9.89. The largest absolute Gasteiger partial charge is 0.491 e. The second-order valence-corrected chi connectivity index (χ2v) is 7.44. The van der Waals surface area contributed by atoms with Crippen LogP contribution in [0.4, 0.5) is 8.78 Å². The number of carbonyl (C=O) groups is 1. The average molecular weight is 388 g/mol. The molecule has 0 bridgehead atoms. The number of aliphatic hydroxyl groups is 2. The van der Waals surface area contributed by atoms with Gasteiger partial charge in [0.25, 0.3) is 0 Å². The fourth-order valence-corrected chi connectivity index (χ4v) is 3.84. The number of carboxylic acid groups (broad SMARTS) is 1. The minimum Gasteiger partial charge on any atom is -0.491 e. The monoisotopic (exact) mass is 388 g/mol. The second-order valence-electron chi connectivity index (χ2n) is 7.44. The Morgan fingerprint density at radius 3 is 2.81 bits per heavy atom. The van der Waals surface area contributed by atoms with Gasteiger partial charge in [-0.2, -0.15) is 0 Å². The Hall–Kier alpha value is -1.47. The molecule has 1 saturated heterocycles. The van der Waals surface area contributed by atoms with Gasteiger partial charge in [0.1, 0.15) is 24.1 Å². The summed E-state index contributed by atoms with van der Waals surface area (Å²) in [5.41, 5.74) is 0. The third kappa shape index (κ3) is 5.75. The van der Waals surface area contributed by atoms with Gasteiger partial charge >= 0.3 is 5.97 Å². The summed E-state index contributed by atoms with van der Waals surface area (Å²) >= 11 is 0. The zero-order chi connectivity index (χ0) is 20.0. The maximum absolute atomic E-state index is 14.8. The zero-order valence-electron chi connectivity index (χ0n) is 15.6. The van der Waals surface area contributed by atoms with Crippen molar-refractivity contribution in [1.29, 1.82) is 0 Å². The molecule has 154 valence electrons. The van der Waals surface area contributed by atoms with Gasteiger partial charge in [0.2, 0.25) is 0 Å². The van der Waals surface area contributed by atoms with E-state index < -0.39 is 48.5 Å². The molecule has 2 fully saturated rings. The third-order valence-electron chi connectivity index (χ3n) is 5.36. The van der Waals surface area contributed by atoms with E-state index in [1.54, 1.807) is 6.08 Å². The van der Waals surface area contributed by atoms with Crippen LogP contribution in [0, 0.1) is 11.8 Å². The number of rotatable bonds is 10. The Balaban J connectivity index is 1.95. The van der Waals surface area contributed by atoms with Crippen LogP contribution in [0.5, 0.6) is 0 Å². The number of hydrogen-bond acceptors (Lipinski definition) is 4. The van der Waals surface area contributed by atoms with Crippen LogP contribution in [0.3, 0.4) is 0 Å². The molecule has 3 N–H and O–H groups in total. The van der Waals surface area contributed by atoms with Crippen LogP contribution in [0.15, 0.2) is 24.0 Å². The zero-order valence-corrected chi connectivity index (χ0v) is 15.6. The van der Waals surface area contributed by atoms with Gasteiger partial charge < -0.3 is 20.1 Å². The van der Waals surface area contributed by atoms with Crippen LogP contribution < -0.4 is 0 Å². The van der Waals surface area contributed by atoms with E-state index in [9.17, 15) is 23.8 Å². The highest BCUT2D eigenvalue weighted by Crippen LogP contribution is 2.47. The molecule has 1 aliphatic heterocycles. The smallest absolute Gasteiger partial charge is 0.303 e. The molecule has 0 radical (unpaired) electrons. The van der Waals surface area contributed by atoms with Crippen molar-refractivity contribution in [2.75, 3.05) is 0 Å². The van der Waals surface area contributed by atoms with E-state index in [0.717, 1.165) is 6.42 Å². The second kappa shape index (κ2) is 10.2. The molecule has 0 amide bonds. The first-order chi connectivity index (χ1) is 12.8. The Labute approximate surface area is 158 Å². The number of allylic oxidation sites excluding steroid dienone is 2. The molecule has 0 spiro atoms. The lowest BCUT2D eigenvalue weighted by molar-refractivity contribution is -0.137. The molecule has 7 heteroatoms. The Kier molecular flexibility index (Phi) is 8.23. The molecule has 0 aromatic heterocycles. The first-order valence-corrected chi connectivity index (χ1v) is 9.76. The van der Waals surface area contributed by atoms with Crippen LogP contribution in [0.1, 0.15) is 51.9 Å². The number of unbranched alkanes of at least 4 members (excludes halogenated alkanes) is 2.